The maximum Gasteiger partial charge on any atom is 0.411 e. The third kappa shape index (κ3) is 15.0. The number of benzene rings is 2. The Hall–Kier alpha value is -3.02. The zero-order valence-corrected chi connectivity index (χ0v) is 29.4. The highest BCUT2D eigenvalue weighted by molar-refractivity contribution is 5.74. The predicted molar refractivity (Wildman–Crippen MR) is 191 cm³/mol. The molecule has 258 valence electrons. The van der Waals surface area contributed by atoms with Crippen LogP contribution in [0.25, 0.3) is 0 Å². The molecule has 2 aromatic carbocycles. The van der Waals surface area contributed by atoms with Crippen molar-refractivity contribution in [1.82, 2.24) is 10.2 Å². The molecule has 2 rings (SSSR count). The van der Waals surface area contributed by atoms with E-state index in [0.29, 0.717) is 13.2 Å². The molecule has 46 heavy (non-hydrogen) atoms. The average Bonchev–Trinajstić information content (AvgIpc) is 3.09. The van der Waals surface area contributed by atoms with E-state index in [1.54, 1.807) is 7.05 Å². The molecule has 0 radical (unpaired) electrons. The minimum Gasteiger partial charge on any atom is -0.450 e. The topological polar surface area (TPSA) is 67.9 Å². The number of carbonyl (C=O) groups excluding carboxylic acids is 2. The van der Waals surface area contributed by atoms with Crippen molar-refractivity contribution in [2.75, 3.05) is 20.3 Å². The molecule has 2 aromatic rings. The summed E-state index contributed by atoms with van der Waals surface area (Å²) in [7, 11) is 1.68. The molecule has 0 aliphatic carbocycles. The van der Waals surface area contributed by atoms with E-state index in [1.165, 1.54) is 94.8 Å². The van der Waals surface area contributed by atoms with Gasteiger partial charge in [-0.3, -0.25) is 10.2 Å². The summed E-state index contributed by atoms with van der Waals surface area (Å²) in [6.45, 7) is 5.19. The molecule has 0 spiro atoms. The fraction of sp³-hybridized carbons (Fsp3) is 0.650. The summed E-state index contributed by atoms with van der Waals surface area (Å²) in [4.78, 5) is 28.4. The standard InChI is InChI=1S/C40H64N2O4/c1-4-6-8-10-12-14-16-18-20-28-34-45-38(43)41-40(36-30-24-22-25-31-36,37-32-26-23-27-33-37)42(3)39(44)46-35-29-21-19-17-15-13-11-9-7-5-2/h22-27,30-33H,4-21,28-29,34-35H2,1-3H3,(H,41,43). The maximum atomic E-state index is 13.5. The highest BCUT2D eigenvalue weighted by atomic mass is 16.6. The maximum absolute atomic E-state index is 13.5. The van der Waals surface area contributed by atoms with E-state index >= 15 is 0 Å². The first-order valence-electron chi connectivity index (χ1n) is 18.5. The Bertz CT molecular complexity index is 991. The molecule has 0 fully saturated rings. The van der Waals surface area contributed by atoms with Crippen LogP contribution in [-0.2, 0) is 15.1 Å². The molecule has 1 N–H and O–H groups in total. The summed E-state index contributed by atoms with van der Waals surface area (Å²) in [6, 6.07) is 19.2. The van der Waals surface area contributed by atoms with Crippen LogP contribution in [0, 0.1) is 0 Å². The first-order valence-corrected chi connectivity index (χ1v) is 18.5. The summed E-state index contributed by atoms with van der Waals surface area (Å²) < 4.78 is 11.5. The molecule has 0 heterocycles. The summed E-state index contributed by atoms with van der Waals surface area (Å²) in [5.74, 6) is 0. The van der Waals surface area contributed by atoms with Crippen molar-refractivity contribution in [2.45, 2.75) is 148 Å². The number of rotatable bonds is 26. The number of carbonyl (C=O) groups is 2. The van der Waals surface area contributed by atoms with Gasteiger partial charge in [-0.15, -0.1) is 0 Å². The summed E-state index contributed by atoms with van der Waals surface area (Å²) in [5.41, 5.74) is 0.192. The van der Waals surface area contributed by atoms with E-state index in [0.717, 1.165) is 49.7 Å². The molecule has 0 atom stereocenters. The Kier molecular flexibility index (Phi) is 21.4. The molecule has 0 saturated heterocycles. The lowest BCUT2D eigenvalue weighted by Crippen LogP contribution is -2.59. The average molecular weight is 637 g/mol. The van der Waals surface area contributed by atoms with Gasteiger partial charge in [0.15, 0.2) is 5.66 Å². The molecular formula is C40H64N2O4. The van der Waals surface area contributed by atoms with Crippen molar-refractivity contribution < 1.29 is 19.1 Å². The van der Waals surface area contributed by atoms with Gasteiger partial charge in [-0.1, -0.05) is 190 Å². The summed E-state index contributed by atoms with van der Waals surface area (Å²) in [6.07, 6.45) is 23.3. The number of hydrogen-bond donors (Lipinski definition) is 1. The molecular weight excluding hydrogens is 572 g/mol. The summed E-state index contributed by atoms with van der Waals surface area (Å²) in [5, 5.41) is 3.09. The first-order chi connectivity index (χ1) is 22.6. The largest absolute Gasteiger partial charge is 0.450 e. The van der Waals surface area contributed by atoms with E-state index in [4.69, 9.17) is 9.47 Å². The molecule has 0 bridgehead atoms. The third-order valence-corrected chi connectivity index (χ3v) is 8.90. The van der Waals surface area contributed by atoms with Gasteiger partial charge in [0.2, 0.25) is 0 Å². The quantitative estimate of drug-likeness (QED) is 0.0824. The molecule has 6 heteroatoms. The minimum absolute atomic E-state index is 0.342. The van der Waals surface area contributed by atoms with Crippen molar-refractivity contribution in [2.24, 2.45) is 0 Å². The Balaban J connectivity index is 1.93. The smallest absolute Gasteiger partial charge is 0.411 e. The predicted octanol–water partition coefficient (Wildman–Crippen LogP) is 11.5. The van der Waals surface area contributed by atoms with E-state index in [1.807, 2.05) is 60.7 Å². The Labute approximate surface area is 281 Å². The third-order valence-electron chi connectivity index (χ3n) is 8.90. The van der Waals surface area contributed by atoms with E-state index in [9.17, 15) is 9.59 Å². The fourth-order valence-corrected chi connectivity index (χ4v) is 6.06. The highest BCUT2D eigenvalue weighted by Crippen LogP contribution is 2.33. The zero-order chi connectivity index (χ0) is 33.1. The Morgan fingerprint density at radius 3 is 1.28 bits per heavy atom. The number of nitrogens with zero attached hydrogens (tertiary/aromatic N) is 1. The van der Waals surface area contributed by atoms with Gasteiger partial charge in [0.1, 0.15) is 0 Å². The van der Waals surface area contributed by atoms with Gasteiger partial charge >= 0.3 is 12.2 Å². The van der Waals surface area contributed by atoms with Gasteiger partial charge in [0.05, 0.1) is 13.2 Å². The molecule has 0 aromatic heterocycles. The van der Waals surface area contributed by atoms with E-state index in [2.05, 4.69) is 19.2 Å². The summed E-state index contributed by atoms with van der Waals surface area (Å²) >= 11 is 0. The van der Waals surface area contributed by atoms with Crippen LogP contribution in [0.3, 0.4) is 0 Å². The van der Waals surface area contributed by atoms with Crippen LogP contribution in [0.4, 0.5) is 9.59 Å². The molecule has 0 aliphatic heterocycles. The number of unbranched alkanes of at least 4 members (excludes halogenated alkanes) is 18. The van der Waals surface area contributed by atoms with E-state index < -0.39 is 17.8 Å². The minimum atomic E-state index is -1.30. The molecule has 0 saturated carbocycles. The highest BCUT2D eigenvalue weighted by Gasteiger charge is 2.44. The van der Waals surface area contributed by atoms with Crippen molar-refractivity contribution in [3.05, 3.63) is 71.8 Å². The number of nitrogens with one attached hydrogen (secondary N) is 1. The second-order valence-corrected chi connectivity index (χ2v) is 12.7. The number of hydrogen-bond acceptors (Lipinski definition) is 4. The lowest BCUT2D eigenvalue weighted by molar-refractivity contribution is 0.0564. The monoisotopic (exact) mass is 636 g/mol. The zero-order valence-electron chi connectivity index (χ0n) is 29.4. The Morgan fingerprint density at radius 1 is 0.543 bits per heavy atom. The van der Waals surface area contributed by atoms with Crippen molar-refractivity contribution in [3.63, 3.8) is 0 Å². The van der Waals surface area contributed by atoms with Crippen molar-refractivity contribution >= 4 is 12.2 Å². The molecule has 0 unspecified atom stereocenters. The van der Waals surface area contributed by atoms with Crippen LogP contribution >= 0.6 is 0 Å². The van der Waals surface area contributed by atoms with Gasteiger partial charge < -0.3 is 9.47 Å². The second-order valence-electron chi connectivity index (χ2n) is 12.7. The van der Waals surface area contributed by atoms with Crippen LogP contribution < -0.4 is 5.32 Å². The molecule has 6 nitrogen and oxygen atoms in total. The van der Waals surface area contributed by atoms with Crippen LogP contribution in [0.5, 0.6) is 0 Å². The van der Waals surface area contributed by atoms with Gasteiger partial charge in [-0.05, 0) is 12.8 Å². The molecule has 0 aliphatic rings. The van der Waals surface area contributed by atoms with Gasteiger partial charge in [0.25, 0.3) is 0 Å². The van der Waals surface area contributed by atoms with Crippen LogP contribution in [0.15, 0.2) is 60.7 Å². The second kappa shape index (κ2) is 25.1. The lowest BCUT2D eigenvalue weighted by Gasteiger charge is -2.42. The first kappa shape index (κ1) is 39.2. The van der Waals surface area contributed by atoms with Gasteiger partial charge in [0, 0.05) is 18.2 Å². The lowest BCUT2D eigenvalue weighted by atomic mass is 9.89. The van der Waals surface area contributed by atoms with E-state index in [-0.39, 0.29) is 0 Å². The SMILES string of the molecule is CCCCCCCCCCCCOC(=O)NC(c1ccccc1)(c1ccccc1)N(C)C(=O)OCCCCCCCCCCCC. The fourth-order valence-electron chi connectivity index (χ4n) is 6.06. The van der Waals surface area contributed by atoms with Gasteiger partial charge in [-0.25, -0.2) is 9.59 Å². The van der Waals surface area contributed by atoms with Crippen LogP contribution in [0.1, 0.15) is 153 Å². The number of ether oxygens (including phenoxy) is 2. The van der Waals surface area contributed by atoms with Crippen LogP contribution in [-0.4, -0.2) is 37.3 Å². The van der Waals surface area contributed by atoms with Crippen LogP contribution in [0.2, 0.25) is 0 Å². The van der Waals surface area contributed by atoms with Crippen molar-refractivity contribution in [1.29, 1.82) is 0 Å². The molecule has 2 amide bonds. The number of alkyl carbamates (subject to hydrolysis) is 1. The van der Waals surface area contributed by atoms with Gasteiger partial charge in [-0.2, -0.15) is 0 Å². The number of amides is 2. The van der Waals surface area contributed by atoms with Crippen molar-refractivity contribution in [3.8, 4) is 0 Å². The normalized spacial score (nSPS) is 11.3. The Morgan fingerprint density at radius 2 is 0.891 bits per heavy atom.